The van der Waals surface area contributed by atoms with E-state index in [0.29, 0.717) is 6.42 Å². The summed E-state index contributed by atoms with van der Waals surface area (Å²) in [4.78, 5) is 26.1. The van der Waals surface area contributed by atoms with Crippen LogP contribution in [0.15, 0.2) is 48.8 Å². The van der Waals surface area contributed by atoms with Gasteiger partial charge in [0.05, 0.1) is 17.3 Å². The number of aromatic amines is 1. The Morgan fingerprint density at radius 2 is 2.07 bits per heavy atom. The lowest BCUT2D eigenvalue weighted by atomic mass is 9.99. The average molecular weight is 364 g/mol. The van der Waals surface area contributed by atoms with E-state index in [1.54, 1.807) is 12.3 Å². The molecule has 0 saturated carbocycles. The van der Waals surface area contributed by atoms with Gasteiger partial charge < -0.3 is 9.88 Å². The molecule has 138 valence electrons. The Morgan fingerprint density at radius 1 is 1.22 bits per heavy atom. The quantitative estimate of drug-likeness (QED) is 0.744. The molecule has 1 aromatic carbocycles. The normalized spacial score (nSPS) is 14.2. The van der Waals surface area contributed by atoms with E-state index in [1.807, 2.05) is 36.2 Å². The molecule has 0 unspecified atom stereocenters. The van der Waals surface area contributed by atoms with E-state index in [-0.39, 0.29) is 17.6 Å². The summed E-state index contributed by atoms with van der Waals surface area (Å²) in [5.41, 5.74) is 3.19. The summed E-state index contributed by atoms with van der Waals surface area (Å²) in [5.74, 6) is 1.11. The van der Waals surface area contributed by atoms with Gasteiger partial charge in [0.15, 0.2) is 0 Å². The number of likely N-dealkylation sites (tertiary alicyclic amines) is 1. The number of aromatic nitrogens is 3. The summed E-state index contributed by atoms with van der Waals surface area (Å²) in [6, 6.07) is 10.2. The number of imidazole rings is 1. The van der Waals surface area contributed by atoms with Crippen LogP contribution in [0.5, 0.6) is 0 Å². The SMILES string of the molecule is CCCC(=O)N1CC(c2nc(-c3ccc(-c4cccc(F)c4)nc3)c[nH]2)C1. The van der Waals surface area contributed by atoms with Crippen molar-refractivity contribution in [3.05, 3.63) is 60.4 Å². The minimum Gasteiger partial charge on any atom is -0.348 e. The fourth-order valence-electron chi connectivity index (χ4n) is 3.28. The average Bonchev–Trinajstić information content (AvgIpc) is 3.10. The highest BCUT2D eigenvalue weighted by molar-refractivity contribution is 5.77. The van der Waals surface area contributed by atoms with E-state index >= 15 is 0 Å². The minimum absolute atomic E-state index is 0.220. The number of nitrogens with zero attached hydrogens (tertiary/aromatic N) is 3. The van der Waals surface area contributed by atoms with Gasteiger partial charge in [0.2, 0.25) is 5.91 Å². The largest absolute Gasteiger partial charge is 0.348 e. The number of rotatable bonds is 5. The van der Waals surface area contributed by atoms with E-state index in [2.05, 4.69) is 15.0 Å². The van der Waals surface area contributed by atoms with E-state index < -0.39 is 0 Å². The molecule has 27 heavy (non-hydrogen) atoms. The summed E-state index contributed by atoms with van der Waals surface area (Å²) in [5, 5.41) is 0. The van der Waals surface area contributed by atoms with E-state index in [9.17, 15) is 9.18 Å². The van der Waals surface area contributed by atoms with Crippen LogP contribution in [0, 0.1) is 5.82 Å². The highest BCUT2D eigenvalue weighted by atomic mass is 19.1. The summed E-state index contributed by atoms with van der Waals surface area (Å²) >= 11 is 0. The van der Waals surface area contributed by atoms with Gasteiger partial charge in [-0.05, 0) is 30.7 Å². The van der Waals surface area contributed by atoms with Gasteiger partial charge in [-0.2, -0.15) is 0 Å². The van der Waals surface area contributed by atoms with Crippen LogP contribution in [0.1, 0.15) is 31.5 Å². The topological polar surface area (TPSA) is 61.9 Å². The van der Waals surface area contributed by atoms with Gasteiger partial charge in [-0.15, -0.1) is 0 Å². The van der Waals surface area contributed by atoms with Gasteiger partial charge in [0.1, 0.15) is 11.6 Å². The number of hydrogen-bond donors (Lipinski definition) is 1. The van der Waals surface area contributed by atoms with Crippen molar-refractivity contribution in [2.75, 3.05) is 13.1 Å². The third kappa shape index (κ3) is 3.60. The minimum atomic E-state index is -0.276. The summed E-state index contributed by atoms with van der Waals surface area (Å²) < 4.78 is 13.4. The zero-order chi connectivity index (χ0) is 18.8. The van der Waals surface area contributed by atoms with Crippen LogP contribution < -0.4 is 0 Å². The third-order valence-corrected chi connectivity index (χ3v) is 4.86. The van der Waals surface area contributed by atoms with Crippen LogP contribution in [0.4, 0.5) is 4.39 Å². The number of benzene rings is 1. The Bertz CT molecular complexity index is 945. The molecule has 1 aliphatic heterocycles. The summed E-state index contributed by atoms with van der Waals surface area (Å²) in [6.07, 6.45) is 5.10. The van der Waals surface area contributed by atoms with Crippen LogP contribution in [-0.4, -0.2) is 38.8 Å². The maximum Gasteiger partial charge on any atom is 0.222 e. The zero-order valence-electron chi connectivity index (χ0n) is 15.2. The maximum atomic E-state index is 13.4. The first kappa shape index (κ1) is 17.4. The molecule has 0 radical (unpaired) electrons. The number of nitrogens with one attached hydrogen (secondary N) is 1. The molecule has 0 bridgehead atoms. The van der Waals surface area contributed by atoms with E-state index in [0.717, 1.165) is 47.8 Å². The Hall–Kier alpha value is -3.02. The number of amides is 1. The molecule has 1 N–H and O–H groups in total. The van der Waals surface area contributed by atoms with E-state index in [1.165, 1.54) is 12.1 Å². The highest BCUT2D eigenvalue weighted by Crippen LogP contribution is 2.28. The van der Waals surface area contributed by atoms with Gasteiger partial charge in [-0.25, -0.2) is 9.37 Å². The number of H-pyrrole nitrogens is 1. The molecule has 1 fully saturated rings. The molecule has 5 nitrogen and oxygen atoms in total. The molecule has 1 saturated heterocycles. The molecule has 0 aliphatic carbocycles. The van der Waals surface area contributed by atoms with Gasteiger partial charge in [-0.1, -0.05) is 19.1 Å². The Balaban J connectivity index is 1.44. The predicted octanol–water partition coefficient (Wildman–Crippen LogP) is 4.00. The Labute approximate surface area is 157 Å². The second kappa shape index (κ2) is 7.31. The first-order valence-corrected chi connectivity index (χ1v) is 9.19. The van der Waals surface area contributed by atoms with Crippen molar-refractivity contribution in [1.82, 2.24) is 19.9 Å². The molecule has 6 heteroatoms. The van der Waals surface area contributed by atoms with Crippen LogP contribution in [0.2, 0.25) is 0 Å². The fourth-order valence-corrected chi connectivity index (χ4v) is 3.28. The van der Waals surface area contributed by atoms with Crippen molar-refractivity contribution in [1.29, 1.82) is 0 Å². The Kier molecular flexibility index (Phi) is 4.71. The molecule has 3 aromatic rings. The molecule has 4 rings (SSSR count). The van der Waals surface area contributed by atoms with Crippen molar-refractivity contribution in [2.45, 2.75) is 25.7 Å². The number of pyridine rings is 1. The molecule has 1 amide bonds. The number of halogens is 1. The lowest BCUT2D eigenvalue weighted by Crippen LogP contribution is -2.48. The van der Waals surface area contributed by atoms with Crippen LogP contribution in [0.25, 0.3) is 22.5 Å². The van der Waals surface area contributed by atoms with Gasteiger partial charge in [-0.3, -0.25) is 9.78 Å². The second-order valence-corrected chi connectivity index (χ2v) is 6.86. The van der Waals surface area contributed by atoms with Crippen LogP contribution >= 0.6 is 0 Å². The van der Waals surface area contributed by atoms with Crippen molar-refractivity contribution in [3.8, 4) is 22.5 Å². The van der Waals surface area contributed by atoms with Crippen molar-refractivity contribution in [3.63, 3.8) is 0 Å². The summed E-state index contributed by atoms with van der Waals surface area (Å²) in [7, 11) is 0. The van der Waals surface area contributed by atoms with Crippen molar-refractivity contribution < 1.29 is 9.18 Å². The van der Waals surface area contributed by atoms with Gasteiger partial charge in [0.25, 0.3) is 0 Å². The molecular formula is C21H21FN4O. The van der Waals surface area contributed by atoms with E-state index in [4.69, 9.17) is 0 Å². The Morgan fingerprint density at radius 3 is 2.78 bits per heavy atom. The third-order valence-electron chi connectivity index (χ3n) is 4.86. The first-order valence-electron chi connectivity index (χ1n) is 9.19. The van der Waals surface area contributed by atoms with Gasteiger partial charge >= 0.3 is 0 Å². The molecule has 2 aromatic heterocycles. The highest BCUT2D eigenvalue weighted by Gasteiger charge is 2.33. The molecule has 1 aliphatic rings. The van der Waals surface area contributed by atoms with Crippen molar-refractivity contribution >= 4 is 5.91 Å². The van der Waals surface area contributed by atoms with Crippen molar-refractivity contribution in [2.24, 2.45) is 0 Å². The monoisotopic (exact) mass is 364 g/mol. The standard InChI is InChI=1S/C21H21FN4O/c1-2-4-20(27)26-12-16(13-26)21-24-11-19(25-21)15-7-8-18(23-10-15)14-5-3-6-17(22)9-14/h3,5-11,16H,2,4,12-13H2,1H3,(H,24,25). The number of carbonyl (C=O) groups is 1. The molecule has 0 atom stereocenters. The van der Waals surface area contributed by atoms with Gasteiger partial charge in [0, 0.05) is 43.0 Å². The lowest BCUT2D eigenvalue weighted by molar-refractivity contribution is -0.135. The smallest absolute Gasteiger partial charge is 0.222 e. The zero-order valence-corrected chi connectivity index (χ0v) is 15.2. The lowest BCUT2D eigenvalue weighted by Gasteiger charge is -2.38. The maximum absolute atomic E-state index is 13.4. The molecular weight excluding hydrogens is 343 g/mol. The predicted molar refractivity (Wildman–Crippen MR) is 101 cm³/mol. The molecule has 3 heterocycles. The fraction of sp³-hybridized carbons (Fsp3) is 0.286. The first-order chi connectivity index (χ1) is 13.1. The van der Waals surface area contributed by atoms with Crippen LogP contribution in [0.3, 0.4) is 0 Å². The molecule has 0 spiro atoms. The number of carbonyl (C=O) groups excluding carboxylic acids is 1. The second-order valence-electron chi connectivity index (χ2n) is 6.86. The number of hydrogen-bond acceptors (Lipinski definition) is 3. The summed E-state index contributed by atoms with van der Waals surface area (Å²) in [6.45, 7) is 3.46. The van der Waals surface area contributed by atoms with Crippen LogP contribution in [-0.2, 0) is 4.79 Å².